The highest BCUT2D eigenvalue weighted by molar-refractivity contribution is 5.90. The van der Waals surface area contributed by atoms with Crippen molar-refractivity contribution in [2.24, 2.45) is 0 Å². The van der Waals surface area contributed by atoms with Crippen LogP contribution < -0.4 is 10.6 Å². The van der Waals surface area contributed by atoms with E-state index in [4.69, 9.17) is 5.26 Å². The number of benzene rings is 1. The van der Waals surface area contributed by atoms with Crippen LogP contribution in [0.1, 0.15) is 37.8 Å². The van der Waals surface area contributed by atoms with E-state index in [1.54, 1.807) is 18.2 Å². The SMILES string of the molecule is CCC(O)(CC)CNC(=O)Nc1cc(C#N)ccc1C. The van der Waals surface area contributed by atoms with Gasteiger partial charge in [-0.05, 0) is 37.5 Å². The number of urea groups is 1. The predicted molar refractivity (Wildman–Crippen MR) is 78.4 cm³/mol. The van der Waals surface area contributed by atoms with E-state index in [1.165, 1.54) is 0 Å². The summed E-state index contributed by atoms with van der Waals surface area (Å²) in [5, 5.41) is 24.3. The van der Waals surface area contributed by atoms with E-state index in [9.17, 15) is 9.90 Å². The number of aryl methyl sites for hydroxylation is 1. The highest BCUT2D eigenvalue weighted by atomic mass is 16.3. The molecule has 0 saturated carbocycles. The molecule has 0 atom stereocenters. The zero-order valence-corrected chi connectivity index (χ0v) is 12.2. The van der Waals surface area contributed by atoms with Crippen molar-refractivity contribution < 1.29 is 9.90 Å². The highest BCUT2D eigenvalue weighted by Gasteiger charge is 2.22. The van der Waals surface area contributed by atoms with Gasteiger partial charge in [-0.15, -0.1) is 0 Å². The van der Waals surface area contributed by atoms with Crippen LogP contribution in [0.2, 0.25) is 0 Å². The molecule has 0 bridgehead atoms. The number of hydrogen-bond donors (Lipinski definition) is 3. The Morgan fingerprint density at radius 3 is 2.60 bits per heavy atom. The zero-order chi connectivity index (χ0) is 15.2. The van der Waals surface area contributed by atoms with Crippen molar-refractivity contribution in [2.75, 3.05) is 11.9 Å². The number of nitrogens with zero attached hydrogens (tertiary/aromatic N) is 1. The van der Waals surface area contributed by atoms with E-state index in [1.807, 2.05) is 26.8 Å². The minimum Gasteiger partial charge on any atom is -0.388 e. The lowest BCUT2D eigenvalue weighted by atomic mass is 9.98. The molecule has 1 rings (SSSR count). The summed E-state index contributed by atoms with van der Waals surface area (Å²) in [4.78, 5) is 11.8. The second-order valence-corrected chi connectivity index (χ2v) is 4.88. The number of nitrogens with one attached hydrogen (secondary N) is 2. The van der Waals surface area contributed by atoms with Crippen molar-refractivity contribution in [1.82, 2.24) is 5.32 Å². The maximum absolute atomic E-state index is 11.8. The molecule has 0 fully saturated rings. The van der Waals surface area contributed by atoms with Crippen molar-refractivity contribution in [3.8, 4) is 6.07 Å². The van der Waals surface area contributed by atoms with Crippen LogP contribution in [0.3, 0.4) is 0 Å². The molecule has 20 heavy (non-hydrogen) atoms. The van der Waals surface area contributed by atoms with Gasteiger partial charge in [0.25, 0.3) is 0 Å². The van der Waals surface area contributed by atoms with Crippen LogP contribution in [0.4, 0.5) is 10.5 Å². The third kappa shape index (κ3) is 4.25. The summed E-state index contributed by atoms with van der Waals surface area (Å²) in [6.07, 6.45) is 1.15. The molecule has 0 aromatic heterocycles. The third-order valence-electron chi connectivity index (χ3n) is 3.51. The largest absolute Gasteiger partial charge is 0.388 e. The van der Waals surface area contributed by atoms with Crippen LogP contribution in [0.15, 0.2) is 18.2 Å². The molecule has 0 aliphatic heterocycles. The van der Waals surface area contributed by atoms with E-state index < -0.39 is 5.60 Å². The van der Waals surface area contributed by atoms with Gasteiger partial charge in [0.1, 0.15) is 0 Å². The highest BCUT2D eigenvalue weighted by Crippen LogP contribution is 2.17. The fourth-order valence-electron chi connectivity index (χ4n) is 1.74. The molecule has 0 unspecified atom stereocenters. The van der Waals surface area contributed by atoms with E-state index in [0.29, 0.717) is 24.1 Å². The second-order valence-electron chi connectivity index (χ2n) is 4.88. The standard InChI is InChI=1S/C15H21N3O2/c1-4-15(20,5-2)10-17-14(19)18-13-8-12(9-16)7-6-11(13)3/h6-8,20H,4-5,10H2,1-3H3,(H2,17,18,19). The molecule has 0 radical (unpaired) electrons. The van der Waals surface area contributed by atoms with Gasteiger partial charge >= 0.3 is 6.03 Å². The third-order valence-corrected chi connectivity index (χ3v) is 3.51. The van der Waals surface area contributed by atoms with Crippen LogP contribution in [-0.4, -0.2) is 23.3 Å². The molecular weight excluding hydrogens is 254 g/mol. The molecule has 0 aliphatic carbocycles. The Hall–Kier alpha value is -2.06. The van der Waals surface area contributed by atoms with Crippen molar-refractivity contribution >= 4 is 11.7 Å². The number of carbonyl (C=O) groups is 1. The second kappa shape index (κ2) is 6.92. The van der Waals surface area contributed by atoms with Gasteiger partial charge in [-0.3, -0.25) is 0 Å². The van der Waals surface area contributed by atoms with Crippen molar-refractivity contribution in [3.63, 3.8) is 0 Å². The molecule has 5 heteroatoms. The Bertz CT molecular complexity index is 516. The first kappa shape index (κ1) is 16.0. The maximum Gasteiger partial charge on any atom is 0.319 e. The van der Waals surface area contributed by atoms with Crippen molar-refractivity contribution in [3.05, 3.63) is 29.3 Å². The Kier molecular flexibility index (Phi) is 5.53. The molecule has 3 N–H and O–H groups in total. The molecule has 0 aliphatic rings. The Labute approximate surface area is 119 Å². The smallest absolute Gasteiger partial charge is 0.319 e. The number of amides is 2. The summed E-state index contributed by atoms with van der Waals surface area (Å²) in [5.74, 6) is 0. The van der Waals surface area contributed by atoms with E-state index >= 15 is 0 Å². The molecule has 0 saturated heterocycles. The van der Waals surface area contributed by atoms with Gasteiger partial charge in [0.05, 0.1) is 17.2 Å². The van der Waals surface area contributed by atoms with E-state index in [0.717, 1.165) is 5.56 Å². The van der Waals surface area contributed by atoms with Gasteiger partial charge in [0, 0.05) is 12.2 Å². The molecule has 5 nitrogen and oxygen atoms in total. The van der Waals surface area contributed by atoms with E-state index in [2.05, 4.69) is 10.6 Å². The van der Waals surface area contributed by atoms with Gasteiger partial charge < -0.3 is 15.7 Å². The minimum absolute atomic E-state index is 0.197. The first-order chi connectivity index (χ1) is 9.44. The average Bonchev–Trinajstić information content (AvgIpc) is 2.47. The quantitative estimate of drug-likeness (QED) is 0.772. The topological polar surface area (TPSA) is 85.2 Å². The molecule has 1 aromatic rings. The Morgan fingerprint density at radius 1 is 1.40 bits per heavy atom. The molecule has 108 valence electrons. The summed E-state index contributed by atoms with van der Waals surface area (Å²) >= 11 is 0. The van der Waals surface area contributed by atoms with Crippen molar-refractivity contribution in [2.45, 2.75) is 39.2 Å². The fraction of sp³-hybridized carbons (Fsp3) is 0.467. The summed E-state index contributed by atoms with van der Waals surface area (Å²) in [7, 11) is 0. The Balaban J connectivity index is 2.66. The lowest BCUT2D eigenvalue weighted by molar-refractivity contribution is 0.0354. The van der Waals surface area contributed by atoms with Crippen LogP contribution in [-0.2, 0) is 0 Å². The monoisotopic (exact) mass is 275 g/mol. The lowest BCUT2D eigenvalue weighted by Gasteiger charge is -2.25. The van der Waals surface area contributed by atoms with Crippen LogP contribution >= 0.6 is 0 Å². The van der Waals surface area contributed by atoms with Gasteiger partial charge in [-0.2, -0.15) is 5.26 Å². The number of hydrogen-bond acceptors (Lipinski definition) is 3. The zero-order valence-electron chi connectivity index (χ0n) is 12.2. The normalized spacial score (nSPS) is 10.8. The van der Waals surface area contributed by atoms with Crippen molar-refractivity contribution in [1.29, 1.82) is 5.26 Å². The molecule has 1 aromatic carbocycles. The van der Waals surface area contributed by atoms with Crippen LogP contribution in [0.5, 0.6) is 0 Å². The van der Waals surface area contributed by atoms with Gasteiger partial charge in [0.2, 0.25) is 0 Å². The number of rotatable bonds is 5. The summed E-state index contributed by atoms with van der Waals surface area (Å²) in [5.41, 5.74) is 1.09. The first-order valence-corrected chi connectivity index (χ1v) is 6.72. The summed E-state index contributed by atoms with van der Waals surface area (Å²) in [6, 6.07) is 6.75. The molecular formula is C15H21N3O2. The number of anilines is 1. The molecule has 2 amide bonds. The number of aliphatic hydroxyl groups is 1. The number of carbonyl (C=O) groups excluding carboxylic acids is 1. The molecule has 0 heterocycles. The fourth-order valence-corrected chi connectivity index (χ4v) is 1.74. The number of nitriles is 1. The van der Waals surface area contributed by atoms with Gasteiger partial charge in [0.15, 0.2) is 0 Å². The van der Waals surface area contributed by atoms with Gasteiger partial charge in [-0.1, -0.05) is 19.9 Å². The Morgan fingerprint density at radius 2 is 2.05 bits per heavy atom. The predicted octanol–water partition coefficient (Wildman–Crippen LogP) is 2.54. The maximum atomic E-state index is 11.8. The average molecular weight is 275 g/mol. The van der Waals surface area contributed by atoms with E-state index in [-0.39, 0.29) is 12.6 Å². The van der Waals surface area contributed by atoms with Crippen LogP contribution in [0.25, 0.3) is 0 Å². The first-order valence-electron chi connectivity index (χ1n) is 6.72. The minimum atomic E-state index is -0.874. The lowest BCUT2D eigenvalue weighted by Crippen LogP contribution is -2.43. The summed E-state index contributed by atoms with van der Waals surface area (Å²) < 4.78 is 0. The summed E-state index contributed by atoms with van der Waals surface area (Å²) in [6.45, 7) is 5.81. The molecule has 0 spiro atoms. The van der Waals surface area contributed by atoms with Gasteiger partial charge in [-0.25, -0.2) is 4.79 Å². The van der Waals surface area contributed by atoms with Crippen LogP contribution in [0, 0.1) is 18.3 Å².